The van der Waals surface area contributed by atoms with Crippen LogP contribution in [-0.4, -0.2) is 55.8 Å². The maximum atomic E-state index is 5.87. The van der Waals surface area contributed by atoms with E-state index in [0.717, 1.165) is 38.5 Å². The number of guanidine groups is 1. The van der Waals surface area contributed by atoms with Crippen LogP contribution in [0.25, 0.3) is 0 Å². The summed E-state index contributed by atoms with van der Waals surface area (Å²) in [6.07, 6.45) is 4.83. The second kappa shape index (κ2) is 9.38. The van der Waals surface area contributed by atoms with Crippen LogP contribution in [-0.2, 0) is 4.74 Å². The zero-order valence-corrected chi connectivity index (χ0v) is 16.3. The van der Waals surface area contributed by atoms with Gasteiger partial charge in [-0.1, -0.05) is 30.3 Å². The molecule has 0 amide bonds. The molecule has 0 radical (unpaired) electrons. The Balaban J connectivity index is 1.64. The van der Waals surface area contributed by atoms with Crippen molar-refractivity contribution in [1.29, 1.82) is 0 Å². The van der Waals surface area contributed by atoms with Crippen molar-refractivity contribution >= 4 is 5.96 Å². The molecular weight excluding hydrogens is 324 g/mol. The summed E-state index contributed by atoms with van der Waals surface area (Å²) in [5.41, 5.74) is 1.28. The van der Waals surface area contributed by atoms with Gasteiger partial charge in [0.05, 0.1) is 18.2 Å². The zero-order valence-electron chi connectivity index (χ0n) is 16.3. The maximum Gasteiger partial charge on any atom is 0.191 e. The summed E-state index contributed by atoms with van der Waals surface area (Å²) in [5.74, 6) is 0.893. The second-order valence-corrected chi connectivity index (χ2v) is 7.65. The number of hydrogen-bond acceptors (Lipinski definition) is 3. The van der Waals surface area contributed by atoms with E-state index in [0.29, 0.717) is 12.6 Å². The van der Waals surface area contributed by atoms with Crippen molar-refractivity contribution in [3.63, 3.8) is 0 Å². The van der Waals surface area contributed by atoms with Gasteiger partial charge in [0.1, 0.15) is 0 Å². The highest BCUT2D eigenvalue weighted by Gasteiger charge is 2.29. The molecule has 2 heterocycles. The minimum Gasteiger partial charge on any atom is -0.373 e. The molecule has 2 N–H and O–H groups in total. The van der Waals surface area contributed by atoms with Crippen LogP contribution in [0.3, 0.4) is 0 Å². The van der Waals surface area contributed by atoms with Crippen molar-refractivity contribution in [2.45, 2.75) is 51.2 Å². The molecule has 0 aliphatic carbocycles. The van der Waals surface area contributed by atoms with Gasteiger partial charge < -0.3 is 15.4 Å². The van der Waals surface area contributed by atoms with Gasteiger partial charge in [-0.2, -0.15) is 0 Å². The fourth-order valence-corrected chi connectivity index (χ4v) is 3.93. The number of aliphatic imine (C=N–C) groups is 1. The molecule has 2 fully saturated rings. The third-order valence-corrected chi connectivity index (χ3v) is 5.44. The molecule has 2 atom stereocenters. The normalized spacial score (nSPS) is 25.4. The van der Waals surface area contributed by atoms with E-state index < -0.39 is 0 Å². The van der Waals surface area contributed by atoms with E-state index in [-0.39, 0.29) is 5.60 Å². The first-order valence-electron chi connectivity index (χ1n) is 10.2. The van der Waals surface area contributed by atoms with Crippen LogP contribution in [0.4, 0.5) is 0 Å². The standard InChI is InChI=1S/C21H34N4O/c1-3-22-20(24-17-21(2)12-9-15-26-21)23-16-19(25-13-7-8-14-25)18-10-5-4-6-11-18/h4-6,10-11,19H,3,7-9,12-17H2,1-2H3,(H2,22,23,24). The van der Waals surface area contributed by atoms with Crippen molar-refractivity contribution in [1.82, 2.24) is 15.5 Å². The van der Waals surface area contributed by atoms with Gasteiger partial charge in [0.2, 0.25) is 0 Å². The van der Waals surface area contributed by atoms with E-state index in [9.17, 15) is 0 Å². The average molecular weight is 359 g/mol. The lowest BCUT2D eigenvalue weighted by molar-refractivity contribution is 0.0283. The molecule has 2 saturated heterocycles. The quantitative estimate of drug-likeness (QED) is 0.581. The number of nitrogens with zero attached hydrogens (tertiary/aromatic N) is 2. The number of benzene rings is 1. The first-order chi connectivity index (χ1) is 12.7. The zero-order chi connectivity index (χ0) is 18.2. The Morgan fingerprint density at radius 1 is 1.19 bits per heavy atom. The average Bonchev–Trinajstić information content (AvgIpc) is 3.33. The van der Waals surface area contributed by atoms with Gasteiger partial charge in [-0.05, 0) is 58.2 Å². The van der Waals surface area contributed by atoms with Crippen LogP contribution in [0.1, 0.15) is 51.1 Å². The molecule has 0 bridgehead atoms. The molecule has 3 rings (SSSR count). The number of hydrogen-bond donors (Lipinski definition) is 2. The molecule has 144 valence electrons. The summed E-state index contributed by atoms with van der Waals surface area (Å²) >= 11 is 0. The predicted molar refractivity (Wildman–Crippen MR) is 108 cm³/mol. The van der Waals surface area contributed by atoms with E-state index in [1.807, 2.05) is 0 Å². The number of likely N-dealkylation sites (tertiary alicyclic amines) is 1. The van der Waals surface area contributed by atoms with Crippen LogP contribution in [0.2, 0.25) is 0 Å². The second-order valence-electron chi connectivity index (χ2n) is 7.65. The van der Waals surface area contributed by atoms with E-state index in [1.54, 1.807) is 0 Å². The molecule has 1 aromatic carbocycles. The molecule has 2 aliphatic heterocycles. The highest BCUT2D eigenvalue weighted by Crippen LogP contribution is 2.26. The summed E-state index contributed by atoms with van der Waals surface area (Å²) in [6, 6.07) is 11.2. The molecule has 5 heteroatoms. The highest BCUT2D eigenvalue weighted by atomic mass is 16.5. The van der Waals surface area contributed by atoms with E-state index in [2.05, 4.69) is 59.7 Å². The molecule has 5 nitrogen and oxygen atoms in total. The molecular formula is C21H34N4O. The Hall–Kier alpha value is -1.59. The Bertz CT molecular complexity index is 563. The largest absolute Gasteiger partial charge is 0.373 e. The van der Waals surface area contributed by atoms with Crippen molar-refractivity contribution in [3.05, 3.63) is 35.9 Å². The lowest BCUT2D eigenvalue weighted by Crippen LogP contribution is -2.43. The summed E-state index contributed by atoms with van der Waals surface area (Å²) in [5, 5.41) is 6.96. The van der Waals surface area contributed by atoms with Crippen molar-refractivity contribution in [2.24, 2.45) is 4.99 Å². The maximum absolute atomic E-state index is 5.87. The Morgan fingerprint density at radius 3 is 2.62 bits per heavy atom. The van der Waals surface area contributed by atoms with E-state index in [4.69, 9.17) is 9.73 Å². The smallest absolute Gasteiger partial charge is 0.191 e. The minimum atomic E-state index is -0.101. The molecule has 26 heavy (non-hydrogen) atoms. The first-order valence-corrected chi connectivity index (χ1v) is 10.2. The molecule has 2 unspecified atom stereocenters. The lowest BCUT2D eigenvalue weighted by atomic mass is 10.0. The number of ether oxygens (including phenoxy) is 1. The third kappa shape index (κ3) is 5.21. The van der Waals surface area contributed by atoms with Crippen LogP contribution < -0.4 is 10.6 Å². The van der Waals surface area contributed by atoms with Crippen molar-refractivity contribution < 1.29 is 4.74 Å². The summed E-state index contributed by atoms with van der Waals surface area (Å²) in [6.45, 7) is 9.95. The van der Waals surface area contributed by atoms with Gasteiger partial charge >= 0.3 is 0 Å². The summed E-state index contributed by atoms with van der Waals surface area (Å²) in [7, 11) is 0. The lowest BCUT2D eigenvalue weighted by Gasteiger charge is -2.29. The van der Waals surface area contributed by atoms with Crippen molar-refractivity contribution in [3.8, 4) is 0 Å². The molecule has 0 saturated carbocycles. The highest BCUT2D eigenvalue weighted by molar-refractivity contribution is 5.79. The van der Waals surface area contributed by atoms with Crippen LogP contribution in [0, 0.1) is 0 Å². The fourth-order valence-electron chi connectivity index (χ4n) is 3.93. The fraction of sp³-hybridized carbons (Fsp3) is 0.667. The number of nitrogens with one attached hydrogen (secondary N) is 2. The van der Waals surface area contributed by atoms with Crippen molar-refractivity contribution in [2.75, 3.05) is 39.3 Å². The predicted octanol–water partition coefficient (Wildman–Crippen LogP) is 2.95. The molecule has 2 aliphatic rings. The number of rotatable bonds is 7. The topological polar surface area (TPSA) is 48.9 Å². The summed E-state index contributed by atoms with van der Waals surface area (Å²) in [4.78, 5) is 7.40. The Kier molecular flexibility index (Phi) is 6.92. The van der Waals surface area contributed by atoms with Gasteiger partial charge in [-0.25, -0.2) is 0 Å². The van der Waals surface area contributed by atoms with E-state index >= 15 is 0 Å². The Morgan fingerprint density at radius 2 is 1.96 bits per heavy atom. The SMILES string of the molecule is CCNC(=NCC1(C)CCCO1)NCC(c1ccccc1)N1CCCC1. The van der Waals surface area contributed by atoms with Gasteiger partial charge in [0.15, 0.2) is 5.96 Å². The van der Waals surface area contributed by atoms with Crippen LogP contribution in [0.5, 0.6) is 0 Å². The van der Waals surface area contributed by atoms with Gasteiger partial charge in [0, 0.05) is 19.7 Å². The summed E-state index contributed by atoms with van der Waals surface area (Å²) < 4.78 is 5.87. The van der Waals surface area contributed by atoms with E-state index in [1.165, 1.54) is 31.5 Å². The molecule has 1 aromatic rings. The Labute approximate surface area is 158 Å². The minimum absolute atomic E-state index is 0.101. The first kappa shape index (κ1) is 19.2. The third-order valence-electron chi connectivity index (χ3n) is 5.44. The monoisotopic (exact) mass is 358 g/mol. The molecule has 0 spiro atoms. The molecule has 0 aromatic heterocycles. The van der Waals surface area contributed by atoms with Gasteiger partial charge in [-0.3, -0.25) is 9.89 Å². The van der Waals surface area contributed by atoms with Gasteiger partial charge in [-0.15, -0.1) is 0 Å². The van der Waals surface area contributed by atoms with Crippen LogP contribution >= 0.6 is 0 Å². The van der Waals surface area contributed by atoms with Gasteiger partial charge in [0.25, 0.3) is 0 Å². The van der Waals surface area contributed by atoms with Crippen LogP contribution in [0.15, 0.2) is 35.3 Å².